The average molecular weight is 439 g/mol. The number of hydrogen-bond donors (Lipinski definition) is 0. The largest absolute Gasteiger partial charge is 0.481 e. The summed E-state index contributed by atoms with van der Waals surface area (Å²) in [6.07, 6.45) is 7.12. The molecule has 1 fully saturated rings. The molecule has 5 heteroatoms. The van der Waals surface area contributed by atoms with E-state index in [-0.39, 0.29) is 12.5 Å². The number of amidine groups is 1. The lowest BCUT2D eigenvalue weighted by Gasteiger charge is -2.15. The summed E-state index contributed by atoms with van der Waals surface area (Å²) >= 11 is 1.41. The van der Waals surface area contributed by atoms with Crippen LogP contribution in [-0.2, 0) is 17.9 Å². The highest BCUT2D eigenvalue weighted by Crippen LogP contribution is 2.34. The lowest BCUT2D eigenvalue weighted by Crippen LogP contribution is -2.28. The second-order valence-corrected chi connectivity index (χ2v) is 8.14. The van der Waals surface area contributed by atoms with Gasteiger partial charge in [0.15, 0.2) is 5.17 Å². The summed E-state index contributed by atoms with van der Waals surface area (Å²) in [6.45, 7) is 1.23. The van der Waals surface area contributed by atoms with E-state index >= 15 is 0 Å². The normalized spacial score (nSPS) is 15.8. The van der Waals surface area contributed by atoms with Gasteiger partial charge in [0.2, 0.25) is 0 Å². The van der Waals surface area contributed by atoms with Crippen LogP contribution in [0.5, 0.6) is 5.75 Å². The predicted molar refractivity (Wildman–Crippen MR) is 131 cm³/mol. The molecule has 0 radical (unpaired) electrons. The first kappa shape index (κ1) is 21.5. The number of thioether (sulfide) groups is 1. The van der Waals surface area contributed by atoms with Crippen LogP contribution < -0.4 is 4.74 Å². The molecule has 0 atom stereocenters. The van der Waals surface area contributed by atoms with Crippen molar-refractivity contribution in [3.8, 4) is 18.1 Å². The van der Waals surface area contributed by atoms with Crippen molar-refractivity contribution in [1.82, 2.24) is 4.90 Å². The van der Waals surface area contributed by atoms with E-state index in [9.17, 15) is 4.79 Å². The molecule has 4 rings (SSSR count). The summed E-state index contributed by atoms with van der Waals surface area (Å²) in [6, 6.07) is 27.5. The molecule has 0 saturated carbocycles. The number of carbonyl (C=O) groups excluding carboxylic acids is 1. The molecule has 4 nitrogen and oxygen atoms in total. The SMILES string of the molecule is C#CCOc1ccc(/C=C2\SC(=NCc3ccccc3)N(Cc3ccccc3)C2=O)cc1. The molecule has 1 aliphatic rings. The van der Waals surface area contributed by atoms with Gasteiger partial charge in [-0.15, -0.1) is 6.42 Å². The second kappa shape index (κ2) is 10.5. The molecule has 0 bridgehead atoms. The second-order valence-electron chi connectivity index (χ2n) is 7.13. The Bertz CT molecular complexity index is 1160. The maximum absolute atomic E-state index is 13.3. The molecule has 0 spiro atoms. The van der Waals surface area contributed by atoms with Crippen molar-refractivity contribution in [2.45, 2.75) is 13.1 Å². The Kier molecular flexibility index (Phi) is 7.06. The quantitative estimate of drug-likeness (QED) is 0.368. The van der Waals surface area contributed by atoms with Crippen molar-refractivity contribution < 1.29 is 9.53 Å². The van der Waals surface area contributed by atoms with E-state index < -0.39 is 0 Å². The lowest BCUT2D eigenvalue weighted by atomic mass is 10.2. The minimum absolute atomic E-state index is 0.0432. The first-order chi connectivity index (χ1) is 15.7. The van der Waals surface area contributed by atoms with Gasteiger partial charge in [0.05, 0.1) is 18.0 Å². The number of benzene rings is 3. The first-order valence-electron chi connectivity index (χ1n) is 10.2. The zero-order valence-electron chi connectivity index (χ0n) is 17.5. The Balaban J connectivity index is 1.58. The highest BCUT2D eigenvalue weighted by Gasteiger charge is 2.33. The molecule has 0 unspecified atom stereocenters. The van der Waals surface area contributed by atoms with Gasteiger partial charge in [-0.2, -0.15) is 0 Å². The smallest absolute Gasteiger partial charge is 0.267 e. The van der Waals surface area contributed by atoms with E-state index in [1.165, 1.54) is 11.8 Å². The van der Waals surface area contributed by atoms with Crippen molar-refractivity contribution >= 4 is 28.9 Å². The van der Waals surface area contributed by atoms with E-state index in [2.05, 4.69) is 5.92 Å². The highest BCUT2D eigenvalue weighted by atomic mass is 32.2. The van der Waals surface area contributed by atoms with E-state index in [1.54, 1.807) is 4.90 Å². The summed E-state index contributed by atoms with van der Waals surface area (Å²) in [7, 11) is 0. The number of hydrogen-bond acceptors (Lipinski definition) is 4. The van der Waals surface area contributed by atoms with Crippen LogP contribution in [0, 0.1) is 12.3 Å². The molecular formula is C27H22N2O2S. The van der Waals surface area contributed by atoms with E-state index in [1.807, 2.05) is 91.0 Å². The Labute approximate surface area is 192 Å². The predicted octanol–water partition coefficient (Wildman–Crippen LogP) is 5.37. The fourth-order valence-electron chi connectivity index (χ4n) is 3.21. The number of terminal acetylenes is 1. The van der Waals surface area contributed by atoms with Crippen LogP contribution in [0.25, 0.3) is 6.08 Å². The molecule has 0 aromatic heterocycles. The third kappa shape index (κ3) is 5.48. The number of carbonyl (C=O) groups is 1. The minimum atomic E-state index is -0.0432. The van der Waals surface area contributed by atoms with Crippen molar-refractivity contribution in [2.24, 2.45) is 4.99 Å². The Morgan fingerprint density at radius 3 is 2.25 bits per heavy atom. The molecule has 1 heterocycles. The molecule has 1 amide bonds. The molecule has 3 aromatic carbocycles. The third-order valence-corrected chi connectivity index (χ3v) is 5.86. The Morgan fingerprint density at radius 1 is 0.938 bits per heavy atom. The maximum atomic E-state index is 13.3. The number of rotatable bonds is 7. The van der Waals surface area contributed by atoms with E-state index in [4.69, 9.17) is 16.2 Å². The minimum Gasteiger partial charge on any atom is -0.481 e. The maximum Gasteiger partial charge on any atom is 0.267 e. The molecule has 0 aliphatic carbocycles. The topological polar surface area (TPSA) is 41.9 Å². The summed E-state index contributed by atoms with van der Waals surface area (Å²) in [5.74, 6) is 3.10. The van der Waals surface area contributed by atoms with Crippen LogP contribution in [0.4, 0.5) is 0 Å². The van der Waals surface area contributed by atoms with Crippen LogP contribution in [0.15, 0.2) is 94.8 Å². The summed E-state index contributed by atoms with van der Waals surface area (Å²) in [4.78, 5) is 20.4. The zero-order chi connectivity index (χ0) is 22.2. The van der Waals surface area contributed by atoms with Crippen LogP contribution in [0.3, 0.4) is 0 Å². The molecule has 1 aliphatic heterocycles. The average Bonchev–Trinajstić information content (AvgIpc) is 3.12. The Hall–Kier alpha value is -3.75. The van der Waals surface area contributed by atoms with Crippen LogP contribution in [0.1, 0.15) is 16.7 Å². The molecule has 3 aromatic rings. The zero-order valence-corrected chi connectivity index (χ0v) is 18.3. The van der Waals surface area contributed by atoms with Crippen LogP contribution in [-0.4, -0.2) is 22.6 Å². The van der Waals surface area contributed by atoms with Crippen molar-refractivity contribution in [1.29, 1.82) is 0 Å². The fourth-order valence-corrected chi connectivity index (χ4v) is 4.19. The van der Waals surface area contributed by atoms with Crippen LogP contribution in [0.2, 0.25) is 0 Å². The monoisotopic (exact) mass is 438 g/mol. The van der Waals surface area contributed by atoms with Gasteiger partial charge in [-0.05, 0) is 46.7 Å². The standard InChI is InChI=1S/C27H22N2O2S/c1-2-17-31-24-15-13-21(14-16-24)18-25-26(30)29(20-23-11-7-4-8-12-23)27(32-25)28-19-22-9-5-3-6-10-22/h1,3-16,18H,17,19-20H2/b25-18-,28-27?. The van der Waals surface area contributed by atoms with Crippen LogP contribution >= 0.6 is 11.8 Å². The van der Waals surface area contributed by atoms with Gasteiger partial charge in [-0.1, -0.05) is 78.7 Å². The Morgan fingerprint density at radius 2 is 1.59 bits per heavy atom. The van der Waals surface area contributed by atoms with Crippen molar-refractivity contribution in [3.63, 3.8) is 0 Å². The summed E-state index contributed by atoms with van der Waals surface area (Å²) < 4.78 is 5.42. The third-order valence-electron chi connectivity index (χ3n) is 4.81. The van der Waals surface area contributed by atoms with Gasteiger partial charge in [-0.25, -0.2) is 0 Å². The first-order valence-corrected chi connectivity index (χ1v) is 11.0. The van der Waals surface area contributed by atoms with Gasteiger partial charge in [0.1, 0.15) is 12.4 Å². The van der Waals surface area contributed by atoms with Gasteiger partial charge in [0.25, 0.3) is 5.91 Å². The van der Waals surface area contributed by atoms with Gasteiger partial charge in [-0.3, -0.25) is 14.7 Å². The molecule has 158 valence electrons. The summed E-state index contributed by atoms with van der Waals surface area (Å²) in [5, 5.41) is 0.711. The molecule has 1 saturated heterocycles. The van der Waals surface area contributed by atoms with E-state index in [0.717, 1.165) is 16.7 Å². The number of nitrogens with zero attached hydrogens (tertiary/aromatic N) is 2. The lowest BCUT2D eigenvalue weighted by molar-refractivity contribution is -0.122. The molecule has 32 heavy (non-hydrogen) atoms. The summed E-state index contributed by atoms with van der Waals surface area (Å²) in [5.41, 5.74) is 3.08. The molecular weight excluding hydrogens is 416 g/mol. The highest BCUT2D eigenvalue weighted by molar-refractivity contribution is 8.18. The number of aliphatic imine (C=N–C) groups is 1. The van der Waals surface area contributed by atoms with Crippen molar-refractivity contribution in [2.75, 3.05) is 6.61 Å². The molecule has 0 N–H and O–H groups in total. The van der Waals surface area contributed by atoms with E-state index in [0.29, 0.717) is 28.9 Å². The number of ether oxygens (including phenoxy) is 1. The number of amides is 1. The van der Waals surface area contributed by atoms with Gasteiger partial charge >= 0.3 is 0 Å². The van der Waals surface area contributed by atoms with Gasteiger partial charge < -0.3 is 4.74 Å². The fraction of sp³-hybridized carbons (Fsp3) is 0.111. The van der Waals surface area contributed by atoms with Crippen molar-refractivity contribution in [3.05, 3.63) is 107 Å². The van der Waals surface area contributed by atoms with Gasteiger partial charge in [0, 0.05) is 0 Å².